The van der Waals surface area contributed by atoms with Crippen molar-refractivity contribution >= 4 is 34.9 Å². The normalized spacial score (nSPS) is 11.0. The number of aryl methyl sites for hydroxylation is 1. The lowest BCUT2D eigenvalue weighted by Crippen LogP contribution is -2.08. The van der Waals surface area contributed by atoms with Crippen LogP contribution in [-0.4, -0.2) is 30.7 Å². The lowest BCUT2D eigenvalue weighted by atomic mass is 10.1. The van der Waals surface area contributed by atoms with Gasteiger partial charge >= 0.3 is 5.97 Å². The third-order valence-corrected chi connectivity index (χ3v) is 3.39. The van der Waals surface area contributed by atoms with Crippen LogP contribution < -0.4 is 0 Å². The third-order valence-electron chi connectivity index (χ3n) is 2.84. The molecule has 3 rings (SSSR count). The number of carboxylic acid groups (broad SMARTS) is 1. The van der Waals surface area contributed by atoms with Crippen molar-refractivity contribution in [3.8, 4) is 11.3 Å². The highest BCUT2D eigenvalue weighted by atomic mass is 35.5. The number of fused-ring (bicyclic) bond motifs is 1. The van der Waals surface area contributed by atoms with Crippen molar-refractivity contribution in [3.05, 3.63) is 45.8 Å². The average molecular weight is 323 g/mol. The molecule has 0 bridgehead atoms. The van der Waals surface area contributed by atoms with Gasteiger partial charge in [-0.05, 0) is 31.2 Å². The molecule has 0 spiro atoms. The van der Waals surface area contributed by atoms with E-state index >= 15 is 0 Å². The van der Waals surface area contributed by atoms with Crippen LogP contribution in [0.4, 0.5) is 0 Å². The van der Waals surface area contributed by atoms with Crippen molar-refractivity contribution in [1.82, 2.24) is 19.6 Å². The van der Waals surface area contributed by atoms with Crippen molar-refractivity contribution in [1.29, 1.82) is 0 Å². The Morgan fingerprint density at radius 1 is 1.24 bits per heavy atom. The summed E-state index contributed by atoms with van der Waals surface area (Å²) < 4.78 is 1.19. The number of nitrogens with zero attached hydrogens (tertiary/aromatic N) is 4. The summed E-state index contributed by atoms with van der Waals surface area (Å²) in [5.74, 6) is -0.489. The first-order chi connectivity index (χ1) is 9.95. The molecule has 1 N–H and O–H groups in total. The second-order valence-electron chi connectivity index (χ2n) is 4.33. The van der Waals surface area contributed by atoms with Crippen LogP contribution in [0.1, 0.15) is 16.3 Å². The van der Waals surface area contributed by atoms with Crippen LogP contribution in [-0.2, 0) is 0 Å². The molecule has 1 aromatic carbocycles. The molecule has 3 aromatic rings. The summed E-state index contributed by atoms with van der Waals surface area (Å²) in [7, 11) is 0. The molecule has 0 amide bonds. The van der Waals surface area contributed by atoms with Crippen LogP contribution in [0.5, 0.6) is 0 Å². The maximum Gasteiger partial charge on any atom is 0.354 e. The zero-order valence-electron chi connectivity index (χ0n) is 10.7. The fraction of sp³-hybridized carbons (Fsp3) is 0.0769. The highest BCUT2D eigenvalue weighted by molar-refractivity contribution is 6.36. The number of halogens is 2. The number of aromatic nitrogens is 4. The number of hydrogen-bond donors (Lipinski definition) is 1. The zero-order valence-corrected chi connectivity index (χ0v) is 12.2. The second-order valence-corrected chi connectivity index (χ2v) is 5.17. The van der Waals surface area contributed by atoms with Gasteiger partial charge in [0.2, 0.25) is 0 Å². The van der Waals surface area contributed by atoms with Gasteiger partial charge in [-0.2, -0.15) is 9.50 Å². The Morgan fingerprint density at radius 3 is 2.67 bits per heavy atom. The molecule has 106 valence electrons. The average Bonchev–Trinajstić information content (AvgIpc) is 2.77. The fourth-order valence-electron chi connectivity index (χ4n) is 1.96. The summed E-state index contributed by atoms with van der Waals surface area (Å²) in [6, 6.07) is 6.31. The van der Waals surface area contributed by atoms with Crippen molar-refractivity contribution < 1.29 is 9.90 Å². The van der Waals surface area contributed by atoms with Gasteiger partial charge in [0, 0.05) is 10.6 Å². The molecule has 21 heavy (non-hydrogen) atoms. The molecule has 0 saturated carbocycles. The van der Waals surface area contributed by atoms with Crippen LogP contribution in [0.25, 0.3) is 17.0 Å². The Morgan fingerprint density at radius 2 is 2.00 bits per heavy atom. The number of carbonyl (C=O) groups is 1. The van der Waals surface area contributed by atoms with Gasteiger partial charge in [-0.15, -0.1) is 5.10 Å². The van der Waals surface area contributed by atoms with Gasteiger partial charge in [-0.25, -0.2) is 9.78 Å². The number of carboxylic acids is 1. The molecule has 2 heterocycles. The van der Waals surface area contributed by atoms with Crippen LogP contribution in [0.3, 0.4) is 0 Å². The van der Waals surface area contributed by atoms with Gasteiger partial charge < -0.3 is 5.11 Å². The van der Waals surface area contributed by atoms with E-state index in [2.05, 4.69) is 15.1 Å². The van der Waals surface area contributed by atoms with E-state index in [1.165, 1.54) is 10.6 Å². The first-order valence-electron chi connectivity index (χ1n) is 5.89. The Bertz CT molecular complexity index is 876. The Labute approximate surface area is 129 Å². The lowest BCUT2D eigenvalue weighted by molar-refractivity contribution is 0.0687. The monoisotopic (exact) mass is 322 g/mol. The van der Waals surface area contributed by atoms with Gasteiger partial charge in [0.25, 0.3) is 5.78 Å². The minimum Gasteiger partial charge on any atom is -0.477 e. The number of rotatable bonds is 2. The first kappa shape index (κ1) is 13.8. The minimum atomic E-state index is -1.13. The molecule has 6 nitrogen and oxygen atoms in total. The fourth-order valence-corrected chi connectivity index (χ4v) is 2.46. The number of hydrogen-bond acceptors (Lipinski definition) is 4. The molecule has 0 aliphatic carbocycles. The van der Waals surface area contributed by atoms with E-state index in [1.807, 2.05) is 0 Å². The van der Waals surface area contributed by atoms with E-state index in [0.29, 0.717) is 27.1 Å². The largest absolute Gasteiger partial charge is 0.477 e. The number of benzene rings is 1. The van der Waals surface area contributed by atoms with Gasteiger partial charge in [-0.3, -0.25) is 0 Å². The van der Waals surface area contributed by atoms with Crippen molar-refractivity contribution in [2.75, 3.05) is 0 Å². The Balaban J connectivity index is 2.30. The van der Waals surface area contributed by atoms with Crippen LogP contribution in [0, 0.1) is 6.92 Å². The molecular formula is C13H8Cl2N4O2. The molecule has 0 fully saturated rings. The van der Waals surface area contributed by atoms with E-state index in [-0.39, 0.29) is 11.5 Å². The molecule has 0 radical (unpaired) electrons. The van der Waals surface area contributed by atoms with Gasteiger partial charge in [0.1, 0.15) is 5.82 Å². The lowest BCUT2D eigenvalue weighted by Gasteiger charge is -2.06. The number of aromatic carboxylic acids is 1. The van der Waals surface area contributed by atoms with Crippen LogP contribution in [0.2, 0.25) is 10.0 Å². The summed E-state index contributed by atoms with van der Waals surface area (Å²) in [4.78, 5) is 19.8. The summed E-state index contributed by atoms with van der Waals surface area (Å²) in [6.45, 7) is 1.66. The van der Waals surface area contributed by atoms with Crippen molar-refractivity contribution in [2.45, 2.75) is 6.92 Å². The summed E-state index contributed by atoms with van der Waals surface area (Å²) in [6.07, 6.45) is 0. The SMILES string of the molecule is Cc1nc2nc(-c3ccc(Cl)cc3Cl)cc(C(=O)O)n2n1. The summed E-state index contributed by atoms with van der Waals surface area (Å²) >= 11 is 12.0. The standard InChI is InChI=1S/C13H8Cl2N4O2/c1-6-16-13-17-10(5-11(12(20)21)19(13)18-6)8-3-2-7(14)4-9(8)15/h2-5H,1H3,(H,20,21). The highest BCUT2D eigenvalue weighted by Gasteiger charge is 2.17. The Kier molecular flexibility index (Phi) is 3.27. The molecule has 8 heteroatoms. The molecular weight excluding hydrogens is 315 g/mol. The topological polar surface area (TPSA) is 80.4 Å². The smallest absolute Gasteiger partial charge is 0.354 e. The zero-order chi connectivity index (χ0) is 15.1. The van der Waals surface area contributed by atoms with E-state index in [4.69, 9.17) is 23.2 Å². The van der Waals surface area contributed by atoms with Gasteiger partial charge in [0.05, 0.1) is 10.7 Å². The van der Waals surface area contributed by atoms with E-state index in [0.717, 1.165) is 0 Å². The predicted octanol–water partition coefficient (Wildman–Crippen LogP) is 3.10. The maximum absolute atomic E-state index is 11.4. The Hall–Kier alpha value is -2.18. The molecule has 0 aliphatic heterocycles. The minimum absolute atomic E-state index is 0.0402. The summed E-state index contributed by atoms with van der Waals surface area (Å²) in [5.41, 5.74) is 0.933. The molecule has 2 aromatic heterocycles. The molecule has 0 aliphatic rings. The second kappa shape index (κ2) is 4.98. The van der Waals surface area contributed by atoms with E-state index in [1.54, 1.807) is 25.1 Å². The van der Waals surface area contributed by atoms with E-state index in [9.17, 15) is 9.90 Å². The van der Waals surface area contributed by atoms with Crippen molar-refractivity contribution in [2.24, 2.45) is 0 Å². The first-order valence-corrected chi connectivity index (χ1v) is 6.64. The quantitative estimate of drug-likeness (QED) is 0.784. The third kappa shape index (κ3) is 2.43. The highest BCUT2D eigenvalue weighted by Crippen LogP contribution is 2.29. The van der Waals surface area contributed by atoms with Crippen LogP contribution in [0.15, 0.2) is 24.3 Å². The maximum atomic E-state index is 11.4. The van der Waals surface area contributed by atoms with Gasteiger partial charge in [-0.1, -0.05) is 23.2 Å². The molecule has 0 saturated heterocycles. The molecule has 0 unspecified atom stereocenters. The van der Waals surface area contributed by atoms with E-state index < -0.39 is 5.97 Å². The van der Waals surface area contributed by atoms with Gasteiger partial charge in [0.15, 0.2) is 5.69 Å². The summed E-state index contributed by atoms with van der Waals surface area (Å²) in [5, 5.41) is 14.2. The predicted molar refractivity (Wildman–Crippen MR) is 77.9 cm³/mol. The van der Waals surface area contributed by atoms with Crippen molar-refractivity contribution in [3.63, 3.8) is 0 Å². The van der Waals surface area contributed by atoms with Crippen LogP contribution >= 0.6 is 23.2 Å². The molecule has 0 atom stereocenters.